The Morgan fingerprint density at radius 3 is 2.15 bits per heavy atom. The molecule has 0 aliphatic carbocycles. The van der Waals surface area contributed by atoms with Gasteiger partial charge in [-0.05, 0) is 29.9 Å². The number of ether oxygens (including phenoxy) is 1. The summed E-state index contributed by atoms with van der Waals surface area (Å²) in [6.07, 6.45) is 1.16. The lowest BCUT2D eigenvalue weighted by Crippen LogP contribution is -2.18. The summed E-state index contributed by atoms with van der Waals surface area (Å²) in [4.78, 5) is 0. The predicted molar refractivity (Wildman–Crippen MR) is 62.5 cm³/mol. The third-order valence-corrected chi connectivity index (χ3v) is 2.82. The molecule has 0 aromatic heterocycles. The first kappa shape index (κ1) is 13.3. The van der Waals surface area contributed by atoms with Crippen LogP contribution in [0.2, 0.25) is 0 Å². The van der Waals surface area contributed by atoms with E-state index in [0.29, 0.717) is 11.8 Å². The van der Waals surface area contributed by atoms with E-state index in [0.717, 1.165) is 31.3 Å². The molecule has 80 valence electrons. The summed E-state index contributed by atoms with van der Waals surface area (Å²) < 4.78 is 5.61. The van der Waals surface area contributed by atoms with Crippen molar-refractivity contribution in [1.29, 1.82) is 0 Å². The summed E-state index contributed by atoms with van der Waals surface area (Å²) in [5.74, 6) is 2.96. The van der Waals surface area contributed by atoms with Crippen LogP contribution in [0.1, 0.15) is 34.1 Å². The van der Waals surface area contributed by atoms with E-state index in [1.54, 1.807) is 0 Å². The Kier molecular flexibility index (Phi) is 7.87. The van der Waals surface area contributed by atoms with Crippen LogP contribution < -0.4 is 0 Å². The monoisotopic (exact) mass is 204 g/mol. The standard InChI is InChI=1S/C11H24OS/c1-9(2)5-6-12-7-11(8-13)10(3)4/h9-11,13H,5-8H2,1-4H3. The fourth-order valence-electron chi connectivity index (χ4n) is 1.01. The SMILES string of the molecule is CC(C)CCOCC(CS)C(C)C. The molecule has 0 amide bonds. The van der Waals surface area contributed by atoms with Crippen molar-refractivity contribution < 1.29 is 4.74 Å². The van der Waals surface area contributed by atoms with E-state index in [1.165, 1.54) is 0 Å². The second kappa shape index (κ2) is 7.69. The average molecular weight is 204 g/mol. The second-order valence-electron chi connectivity index (χ2n) is 4.44. The Labute approximate surface area is 88.7 Å². The Morgan fingerprint density at radius 2 is 1.77 bits per heavy atom. The third kappa shape index (κ3) is 7.39. The van der Waals surface area contributed by atoms with Gasteiger partial charge in [-0.25, -0.2) is 0 Å². The Balaban J connectivity index is 3.39. The molecule has 0 bridgehead atoms. The fraction of sp³-hybridized carbons (Fsp3) is 1.00. The molecule has 0 heterocycles. The van der Waals surface area contributed by atoms with E-state index in [9.17, 15) is 0 Å². The maximum Gasteiger partial charge on any atom is 0.0504 e. The summed E-state index contributed by atoms with van der Waals surface area (Å²) in [7, 11) is 0. The predicted octanol–water partition coefficient (Wildman–Crippen LogP) is 3.25. The van der Waals surface area contributed by atoms with Gasteiger partial charge in [0.25, 0.3) is 0 Å². The van der Waals surface area contributed by atoms with Crippen molar-refractivity contribution in [1.82, 2.24) is 0 Å². The first-order valence-corrected chi connectivity index (χ1v) is 5.89. The topological polar surface area (TPSA) is 9.23 Å². The van der Waals surface area contributed by atoms with Crippen LogP contribution in [-0.2, 0) is 4.74 Å². The smallest absolute Gasteiger partial charge is 0.0504 e. The fourth-order valence-corrected chi connectivity index (χ4v) is 1.54. The molecule has 0 rings (SSSR count). The molecule has 2 heteroatoms. The molecule has 0 aliphatic heterocycles. The summed E-state index contributed by atoms with van der Waals surface area (Å²) in [5.41, 5.74) is 0. The highest BCUT2D eigenvalue weighted by molar-refractivity contribution is 7.80. The van der Waals surface area contributed by atoms with Gasteiger partial charge in [0.1, 0.15) is 0 Å². The van der Waals surface area contributed by atoms with Crippen LogP contribution in [0, 0.1) is 17.8 Å². The first-order chi connectivity index (χ1) is 6.07. The zero-order valence-electron chi connectivity index (χ0n) is 9.42. The van der Waals surface area contributed by atoms with Gasteiger partial charge in [0.2, 0.25) is 0 Å². The van der Waals surface area contributed by atoms with Gasteiger partial charge >= 0.3 is 0 Å². The van der Waals surface area contributed by atoms with Gasteiger partial charge in [-0.2, -0.15) is 12.6 Å². The quantitative estimate of drug-likeness (QED) is 0.495. The minimum absolute atomic E-state index is 0.607. The molecule has 0 saturated carbocycles. The Hall–Kier alpha value is 0.310. The van der Waals surface area contributed by atoms with Crippen molar-refractivity contribution in [2.45, 2.75) is 34.1 Å². The van der Waals surface area contributed by atoms with Gasteiger partial charge < -0.3 is 4.74 Å². The highest BCUT2D eigenvalue weighted by Gasteiger charge is 2.11. The molecule has 0 fully saturated rings. The molecule has 0 aromatic carbocycles. The van der Waals surface area contributed by atoms with Crippen molar-refractivity contribution in [2.24, 2.45) is 17.8 Å². The van der Waals surface area contributed by atoms with Crippen molar-refractivity contribution in [3.05, 3.63) is 0 Å². The maximum absolute atomic E-state index is 5.61. The molecular formula is C11H24OS. The third-order valence-electron chi connectivity index (χ3n) is 2.35. The number of hydrogen-bond acceptors (Lipinski definition) is 2. The van der Waals surface area contributed by atoms with Gasteiger partial charge in [0.05, 0.1) is 6.61 Å². The average Bonchev–Trinajstić information content (AvgIpc) is 2.03. The van der Waals surface area contributed by atoms with Crippen molar-refractivity contribution in [3.8, 4) is 0 Å². The van der Waals surface area contributed by atoms with Gasteiger partial charge in [0.15, 0.2) is 0 Å². The molecule has 1 unspecified atom stereocenters. The van der Waals surface area contributed by atoms with E-state index < -0.39 is 0 Å². The number of thiol groups is 1. The van der Waals surface area contributed by atoms with E-state index in [4.69, 9.17) is 4.74 Å². The molecule has 0 aromatic rings. The zero-order valence-corrected chi connectivity index (χ0v) is 10.3. The Morgan fingerprint density at radius 1 is 1.15 bits per heavy atom. The molecule has 0 saturated heterocycles. The summed E-state index contributed by atoms with van der Waals surface area (Å²) in [5, 5.41) is 0. The molecule has 0 aliphatic rings. The molecule has 1 nitrogen and oxygen atoms in total. The minimum Gasteiger partial charge on any atom is -0.381 e. The van der Waals surface area contributed by atoms with Crippen LogP contribution in [0.3, 0.4) is 0 Å². The van der Waals surface area contributed by atoms with Gasteiger partial charge in [0, 0.05) is 6.61 Å². The van der Waals surface area contributed by atoms with Crippen molar-refractivity contribution in [2.75, 3.05) is 19.0 Å². The maximum atomic E-state index is 5.61. The molecule has 1 atom stereocenters. The highest BCUT2D eigenvalue weighted by Crippen LogP contribution is 2.13. The van der Waals surface area contributed by atoms with Crippen LogP contribution >= 0.6 is 12.6 Å². The lowest BCUT2D eigenvalue weighted by molar-refractivity contribution is 0.0840. The first-order valence-electron chi connectivity index (χ1n) is 5.26. The highest BCUT2D eigenvalue weighted by atomic mass is 32.1. The van der Waals surface area contributed by atoms with Crippen molar-refractivity contribution >= 4 is 12.6 Å². The van der Waals surface area contributed by atoms with E-state index in [-0.39, 0.29) is 0 Å². The lowest BCUT2D eigenvalue weighted by atomic mass is 9.99. The minimum atomic E-state index is 0.607. The van der Waals surface area contributed by atoms with Gasteiger partial charge in [-0.3, -0.25) is 0 Å². The van der Waals surface area contributed by atoms with Crippen LogP contribution in [0.25, 0.3) is 0 Å². The molecule has 13 heavy (non-hydrogen) atoms. The molecule has 0 radical (unpaired) electrons. The van der Waals surface area contributed by atoms with Crippen LogP contribution in [-0.4, -0.2) is 19.0 Å². The Bertz CT molecular complexity index is 113. The lowest BCUT2D eigenvalue weighted by Gasteiger charge is -2.18. The van der Waals surface area contributed by atoms with E-state index in [1.807, 2.05) is 0 Å². The normalized spacial score (nSPS) is 14.1. The summed E-state index contributed by atoms with van der Waals surface area (Å²) >= 11 is 4.32. The van der Waals surface area contributed by atoms with Crippen LogP contribution in [0.5, 0.6) is 0 Å². The molecule has 0 N–H and O–H groups in total. The van der Waals surface area contributed by atoms with E-state index >= 15 is 0 Å². The van der Waals surface area contributed by atoms with E-state index in [2.05, 4.69) is 40.3 Å². The second-order valence-corrected chi connectivity index (χ2v) is 4.81. The largest absolute Gasteiger partial charge is 0.381 e. The zero-order chi connectivity index (χ0) is 10.3. The van der Waals surface area contributed by atoms with Crippen LogP contribution in [0.4, 0.5) is 0 Å². The molecule has 0 spiro atoms. The summed E-state index contributed by atoms with van der Waals surface area (Å²) in [6, 6.07) is 0. The molecular weight excluding hydrogens is 180 g/mol. The van der Waals surface area contributed by atoms with Gasteiger partial charge in [-0.1, -0.05) is 27.7 Å². The summed E-state index contributed by atoms with van der Waals surface area (Å²) in [6.45, 7) is 10.7. The number of hydrogen-bond donors (Lipinski definition) is 1. The number of rotatable bonds is 7. The van der Waals surface area contributed by atoms with Gasteiger partial charge in [-0.15, -0.1) is 0 Å². The van der Waals surface area contributed by atoms with Crippen molar-refractivity contribution in [3.63, 3.8) is 0 Å². The van der Waals surface area contributed by atoms with Crippen LogP contribution in [0.15, 0.2) is 0 Å².